The lowest BCUT2D eigenvalue weighted by atomic mass is 9.69. The highest BCUT2D eigenvalue weighted by molar-refractivity contribution is 5.77. The molecule has 0 amide bonds. The van der Waals surface area contributed by atoms with Gasteiger partial charge in [-0.05, 0) is 33.1 Å². The number of ether oxygens (including phenoxy) is 1. The fourth-order valence-corrected chi connectivity index (χ4v) is 0.668. The van der Waals surface area contributed by atoms with Crippen molar-refractivity contribution < 1.29 is 9.53 Å². The van der Waals surface area contributed by atoms with Crippen LogP contribution in [-0.2, 0) is 9.53 Å². The first kappa shape index (κ1) is 12.5. The van der Waals surface area contributed by atoms with Crippen LogP contribution < -0.4 is 0 Å². The molecule has 0 atom stereocenters. The van der Waals surface area contributed by atoms with Gasteiger partial charge in [-0.15, -0.1) is 0 Å². The summed E-state index contributed by atoms with van der Waals surface area (Å²) in [6, 6.07) is 0. The quantitative estimate of drug-likeness (QED) is 0.620. The van der Waals surface area contributed by atoms with E-state index in [9.17, 15) is 4.79 Å². The first-order valence-electron chi connectivity index (χ1n) is 4.80. The Balaban J connectivity index is 4.56. The lowest BCUT2D eigenvalue weighted by Gasteiger charge is -2.36. The second-order valence-electron chi connectivity index (χ2n) is 5.33. The van der Waals surface area contributed by atoms with Gasteiger partial charge in [-0.2, -0.15) is 0 Å². The van der Waals surface area contributed by atoms with Crippen molar-refractivity contribution in [2.24, 2.45) is 10.8 Å². The van der Waals surface area contributed by atoms with Crippen molar-refractivity contribution in [3.05, 3.63) is 0 Å². The lowest BCUT2D eigenvalue weighted by Crippen LogP contribution is -2.39. The molecule has 0 aromatic carbocycles. The van der Waals surface area contributed by atoms with Gasteiger partial charge in [0.25, 0.3) is 0 Å². The van der Waals surface area contributed by atoms with Crippen molar-refractivity contribution in [1.29, 1.82) is 0 Å². The molecule has 2 nitrogen and oxygen atoms in total. The highest BCUT2D eigenvalue weighted by atomic mass is 16.5. The van der Waals surface area contributed by atoms with E-state index in [1.807, 2.05) is 27.7 Å². The topological polar surface area (TPSA) is 26.3 Å². The Morgan fingerprint density at radius 1 is 1.08 bits per heavy atom. The number of hydrogen-bond acceptors (Lipinski definition) is 2. The summed E-state index contributed by atoms with van der Waals surface area (Å²) in [5.74, 6) is -0.116. The van der Waals surface area contributed by atoms with Crippen molar-refractivity contribution >= 4 is 5.97 Å². The summed E-state index contributed by atoms with van der Waals surface area (Å²) in [5, 5.41) is 0. The van der Waals surface area contributed by atoms with Crippen molar-refractivity contribution in [1.82, 2.24) is 0 Å². The average molecular weight is 186 g/mol. The van der Waals surface area contributed by atoms with E-state index in [-0.39, 0.29) is 17.5 Å². The monoisotopic (exact) mass is 186 g/mol. The number of hydrogen-bond donors (Lipinski definition) is 0. The largest absolute Gasteiger partial charge is 0.463 e. The Morgan fingerprint density at radius 3 is 1.69 bits per heavy atom. The predicted octanol–water partition coefficient (Wildman–Crippen LogP) is 3.01. The zero-order valence-electron chi connectivity index (χ0n) is 9.89. The van der Waals surface area contributed by atoms with Gasteiger partial charge in [0.05, 0.1) is 11.5 Å². The maximum atomic E-state index is 11.7. The van der Waals surface area contributed by atoms with Crippen molar-refractivity contribution in [2.75, 3.05) is 0 Å². The molecule has 0 N–H and O–H groups in total. The molecule has 78 valence electrons. The highest BCUT2D eigenvalue weighted by Gasteiger charge is 2.41. The van der Waals surface area contributed by atoms with Crippen LogP contribution in [0, 0.1) is 10.8 Å². The van der Waals surface area contributed by atoms with Crippen LogP contribution in [0.5, 0.6) is 0 Å². The van der Waals surface area contributed by atoms with Crippen molar-refractivity contribution in [3.8, 4) is 0 Å². The van der Waals surface area contributed by atoms with E-state index < -0.39 is 5.41 Å². The number of rotatable bonds is 2. The third kappa shape index (κ3) is 3.02. The summed E-state index contributed by atoms with van der Waals surface area (Å²) in [7, 11) is 0. The molecule has 0 aliphatic rings. The van der Waals surface area contributed by atoms with Crippen LogP contribution >= 0.6 is 0 Å². The lowest BCUT2D eigenvalue weighted by molar-refractivity contribution is -0.164. The van der Waals surface area contributed by atoms with Gasteiger partial charge in [0.1, 0.15) is 0 Å². The van der Waals surface area contributed by atoms with Crippen molar-refractivity contribution in [2.45, 2.75) is 54.6 Å². The summed E-state index contributed by atoms with van der Waals surface area (Å²) in [6.45, 7) is 13.8. The van der Waals surface area contributed by atoms with E-state index in [4.69, 9.17) is 4.74 Å². The minimum atomic E-state index is -0.433. The molecule has 0 aliphatic carbocycles. The smallest absolute Gasteiger partial charge is 0.312 e. The molecule has 0 rings (SSSR count). The third-order valence-corrected chi connectivity index (χ3v) is 2.73. The van der Waals surface area contributed by atoms with Crippen LogP contribution in [0.15, 0.2) is 0 Å². The van der Waals surface area contributed by atoms with E-state index in [0.717, 1.165) is 0 Å². The normalized spacial score (nSPS) is 13.2. The summed E-state index contributed by atoms with van der Waals surface area (Å²) < 4.78 is 5.20. The summed E-state index contributed by atoms with van der Waals surface area (Å²) in [5.41, 5.74) is -0.504. The standard InChI is InChI=1S/C11H22O2/c1-8(2)13-9(12)11(6,7)10(3,4)5/h8H,1-7H3. The van der Waals surface area contributed by atoms with E-state index in [0.29, 0.717) is 0 Å². The van der Waals surface area contributed by atoms with Crippen LogP contribution in [0.25, 0.3) is 0 Å². The SMILES string of the molecule is CC(C)OC(=O)C(C)(C)C(C)(C)C. The molecule has 0 aromatic rings. The molecule has 0 aliphatic heterocycles. The van der Waals surface area contributed by atoms with Crippen molar-refractivity contribution in [3.63, 3.8) is 0 Å². The summed E-state index contributed by atoms with van der Waals surface area (Å²) >= 11 is 0. The van der Waals surface area contributed by atoms with Gasteiger partial charge < -0.3 is 4.74 Å². The Bertz CT molecular complexity index is 185. The Kier molecular flexibility index (Phi) is 3.54. The van der Waals surface area contributed by atoms with Gasteiger partial charge >= 0.3 is 5.97 Å². The minimum absolute atomic E-state index is 0.0332. The van der Waals surface area contributed by atoms with Gasteiger partial charge in [0.15, 0.2) is 0 Å². The second kappa shape index (κ2) is 3.69. The van der Waals surface area contributed by atoms with E-state index >= 15 is 0 Å². The second-order valence-corrected chi connectivity index (χ2v) is 5.33. The van der Waals surface area contributed by atoms with Crippen LogP contribution in [-0.4, -0.2) is 12.1 Å². The van der Waals surface area contributed by atoms with E-state index in [2.05, 4.69) is 20.8 Å². The molecule has 2 heteroatoms. The molecule has 0 saturated carbocycles. The minimum Gasteiger partial charge on any atom is -0.463 e. The molecular weight excluding hydrogens is 164 g/mol. The van der Waals surface area contributed by atoms with Crippen LogP contribution in [0.2, 0.25) is 0 Å². The predicted molar refractivity (Wildman–Crippen MR) is 54.5 cm³/mol. The Morgan fingerprint density at radius 2 is 1.46 bits per heavy atom. The zero-order valence-corrected chi connectivity index (χ0v) is 9.89. The maximum absolute atomic E-state index is 11.7. The summed E-state index contributed by atoms with van der Waals surface area (Å²) in [6.07, 6.45) is -0.0332. The first-order chi connectivity index (χ1) is 5.59. The molecule has 0 spiro atoms. The number of carbonyl (C=O) groups excluding carboxylic acids is 1. The molecule has 0 radical (unpaired) electrons. The molecule has 0 unspecified atom stereocenters. The fraction of sp³-hybridized carbons (Fsp3) is 0.909. The van der Waals surface area contributed by atoms with Gasteiger partial charge in [0.2, 0.25) is 0 Å². The van der Waals surface area contributed by atoms with Crippen LogP contribution in [0.3, 0.4) is 0 Å². The highest BCUT2D eigenvalue weighted by Crippen LogP contribution is 2.38. The molecule has 0 fully saturated rings. The number of carbonyl (C=O) groups is 1. The summed E-state index contributed by atoms with van der Waals surface area (Å²) in [4.78, 5) is 11.7. The van der Waals surface area contributed by atoms with Crippen LogP contribution in [0.1, 0.15) is 48.5 Å². The molecule has 0 bridgehead atoms. The fourth-order valence-electron chi connectivity index (χ4n) is 0.668. The van der Waals surface area contributed by atoms with Gasteiger partial charge in [-0.1, -0.05) is 20.8 Å². The van der Waals surface area contributed by atoms with Gasteiger partial charge in [0, 0.05) is 0 Å². The molecular formula is C11H22O2. The molecule has 0 aromatic heterocycles. The van der Waals surface area contributed by atoms with E-state index in [1.165, 1.54) is 0 Å². The molecule has 0 saturated heterocycles. The Hall–Kier alpha value is -0.530. The third-order valence-electron chi connectivity index (χ3n) is 2.73. The first-order valence-corrected chi connectivity index (χ1v) is 4.80. The number of esters is 1. The maximum Gasteiger partial charge on any atom is 0.312 e. The van der Waals surface area contributed by atoms with E-state index in [1.54, 1.807) is 0 Å². The van der Waals surface area contributed by atoms with Crippen LogP contribution in [0.4, 0.5) is 0 Å². The average Bonchev–Trinajstić information content (AvgIpc) is 1.82. The Labute approximate surface area is 81.7 Å². The molecule has 0 heterocycles. The van der Waals surface area contributed by atoms with Gasteiger partial charge in [-0.3, -0.25) is 4.79 Å². The van der Waals surface area contributed by atoms with Gasteiger partial charge in [-0.25, -0.2) is 0 Å². The molecule has 13 heavy (non-hydrogen) atoms. The zero-order chi connectivity index (χ0) is 10.9.